The minimum absolute atomic E-state index is 0.0809. The number of benzene rings is 1. The summed E-state index contributed by atoms with van der Waals surface area (Å²) in [5.74, 6) is 0.910. The number of ether oxygens (including phenoxy) is 2. The fraction of sp³-hybridized carbons (Fsp3) is 0.167. The second-order valence-corrected chi connectivity index (χ2v) is 7.33. The van der Waals surface area contributed by atoms with Crippen molar-refractivity contribution >= 4 is 28.6 Å². The number of nitrogens with one attached hydrogen (secondary N) is 1. The van der Waals surface area contributed by atoms with Gasteiger partial charge in [-0.15, -0.1) is 11.3 Å². The molecule has 0 unspecified atom stereocenters. The minimum Gasteiger partial charge on any atom is -0.454 e. The van der Waals surface area contributed by atoms with Crippen LogP contribution in [-0.4, -0.2) is 24.4 Å². The second kappa shape index (κ2) is 6.51. The monoisotopic (exact) mass is 373 g/mol. The quantitative estimate of drug-likeness (QED) is 0.721. The molecule has 4 rings (SSSR count). The highest BCUT2D eigenvalue weighted by molar-refractivity contribution is 7.10. The molecule has 0 saturated carbocycles. The van der Waals surface area contributed by atoms with Crippen LogP contribution in [0.3, 0.4) is 0 Å². The third-order valence-corrected chi connectivity index (χ3v) is 5.77. The molecule has 1 aliphatic rings. The number of hydrogen-bond acceptors (Lipinski definition) is 6. The summed E-state index contributed by atoms with van der Waals surface area (Å²) < 4.78 is 10.6. The van der Waals surface area contributed by atoms with E-state index in [0.29, 0.717) is 17.1 Å². The van der Waals surface area contributed by atoms with Crippen molar-refractivity contribution in [3.63, 3.8) is 0 Å². The molecule has 2 aromatic heterocycles. The maximum Gasteiger partial charge on any atom is 0.251 e. The van der Waals surface area contributed by atoms with Crippen LogP contribution in [0.2, 0.25) is 0 Å². The first kappa shape index (κ1) is 16.1. The maximum absolute atomic E-state index is 12.5. The Morgan fingerprint density at radius 1 is 1.20 bits per heavy atom. The van der Waals surface area contributed by atoms with Crippen molar-refractivity contribution in [1.29, 1.82) is 0 Å². The number of thiophene rings is 2. The van der Waals surface area contributed by atoms with Gasteiger partial charge in [-0.2, -0.15) is 11.3 Å². The lowest BCUT2D eigenvalue weighted by atomic mass is 9.94. The predicted molar refractivity (Wildman–Crippen MR) is 96.5 cm³/mol. The average molecular weight is 373 g/mol. The molecule has 0 saturated heterocycles. The van der Waals surface area contributed by atoms with Crippen LogP contribution in [0, 0.1) is 0 Å². The molecule has 3 aromatic rings. The van der Waals surface area contributed by atoms with Crippen molar-refractivity contribution in [1.82, 2.24) is 5.32 Å². The van der Waals surface area contributed by atoms with E-state index in [9.17, 15) is 9.90 Å². The summed E-state index contributed by atoms with van der Waals surface area (Å²) in [6, 6.07) is 10.7. The summed E-state index contributed by atoms with van der Waals surface area (Å²) >= 11 is 2.97. The zero-order valence-electron chi connectivity index (χ0n) is 13.1. The topological polar surface area (TPSA) is 67.8 Å². The van der Waals surface area contributed by atoms with Gasteiger partial charge in [0.25, 0.3) is 5.91 Å². The molecule has 25 heavy (non-hydrogen) atoms. The normalized spacial score (nSPS) is 14.9. The lowest BCUT2D eigenvalue weighted by molar-refractivity contribution is 0.0721. The summed E-state index contributed by atoms with van der Waals surface area (Å²) in [6.45, 7) is 0.244. The van der Waals surface area contributed by atoms with Crippen molar-refractivity contribution in [3.8, 4) is 11.5 Å². The smallest absolute Gasteiger partial charge is 0.251 e. The average Bonchev–Trinajstić information content (AvgIpc) is 3.40. The van der Waals surface area contributed by atoms with Gasteiger partial charge in [0.2, 0.25) is 6.79 Å². The van der Waals surface area contributed by atoms with Crippen molar-refractivity contribution in [3.05, 3.63) is 68.5 Å². The zero-order valence-corrected chi connectivity index (χ0v) is 14.7. The molecule has 1 amide bonds. The van der Waals surface area contributed by atoms with Crippen LogP contribution in [0.25, 0.3) is 0 Å². The van der Waals surface area contributed by atoms with Crippen molar-refractivity contribution in [2.24, 2.45) is 0 Å². The summed E-state index contributed by atoms with van der Waals surface area (Å²) in [5.41, 5.74) is -0.0192. The molecule has 0 fully saturated rings. The van der Waals surface area contributed by atoms with Crippen molar-refractivity contribution in [2.75, 3.05) is 13.3 Å². The highest BCUT2D eigenvalue weighted by atomic mass is 32.1. The molecule has 7 heteroatoms. The summed E-state index contributed by atoms with van der Waals surface area (Å²) in [7, 11) is 0. The van der Waals surface area contributed by atoms with Crippen molar-refractivity contribution in [2.45, 2.75) is 5.60 Å². The molecule has 128 valence electrons. The van der Waals surface area contributed by atoms with Crippen LogP contribution in [0.1, 0.15) is 20.8 Å². The van der Waals surface area contributed by atoms with Gasteiger partial charge in [0.05, 0.1) is 6.54 Å². The highest BCUT2D eigenvalue weighted by Gasteiger charge is 2.33. The van der Waals surface area contributed by atoms with Gasteiger partial charge in [0.1, 0.15) is 5.60 Å². The zero-order chi connectivity index (χ0) is 17.3. The van der Waals surface area contributed by atoms with Gasteiger partial charge in [-0.1, -0.05) is 6.07 Å². The van der Waals surface area contributed by atoms with E-state index in [1.165, 1.54) is 22.7 Å². The van der Waals surface area contributed by atoms with Gasteiger partial charge in [0, 0.05) is 16.0 Å². The van der Waals surface area contributed by atoms with Crippen LogP contribution >= 0.6 is 22.7 Å². The Balaban J connectivity index is 1.55. The first-order valence-corrected chi connectivity index (χ1v) is 9.46. The van der Waals surface area contributed by atoms with Gasteiger partial charge in [-0.25, -0.2) is 0 Å². The first-order valence-electron chi connectivity index (χ1n) is 7.64. The highest BCUT2D eigenvalue weighted by Crippen LogP contribution is 2.34. The molecule has 0 spiro atoms. The van der Waals surface area contributed by atoms with Crippen LogP contribution in [-0.2, 0) is 5.60 Å². The lowest BCUT2D eigenvalue weighted by Gasteiger charge is -2.27. The van der Waals surface area contributed by atoms with E-state index in [-0.39, 0.29) is 19.2 Å². The molecule has 1 atom stereocenters. The number of amides is 1. The van der Waals surface area contributed by atoms with Crippen LogP contribution < -0.4 is 14.8 Å². The molecule has 0 bridgehead atoms. The summed E-state index contributed by atoms with van der Waals surface area (Å²) in [6.07, 6.45) is 0. The molecule has 1 aliphatic heterocycles. The van der Waals surface area contributed by atoms with Gasteiger partial charge in [-0.05, 0) is 46.5 Å². The maximum atomic E-state index is 12.5. The Morgan fingerprint density at radius 2 is 2.08 bits per heavy atom. The van der Waals surface area contributed by atoms with Gasteiger partial charge in [0.15, 0.2) is 11.5 Å². The molecular formula is C18H15NO4S2. The lowest BCUT2D eigenvalue weighted by Crippen LogP contribution is -2.40. The first-order chi connectivity index (χ1) is 12.2. The number of carbonyl (C=O) groups excluding carboxylic acids is 1. The number of fused-ring (bicyclic) bond motifs is 1. The SMILES string of the molecule is O=C(NC[C@](O)(c1ccsc1)c1cccs1)c1ccc2c(c1)OCO2. The molecule has 2 N–H and O–H groups in total. The molecule has 1 aromatic carbocycles. The fourth-order valence-electron chi connectivity index (χ4n) is 2.69. The van der Waals surface area contributed by atoms with Crippen LogP contribution in [0.15, 0.2) is 52.5 Å². The standard InChI is InChI=1S/C18H15NO4S2/c20-17(12-3-4-14-15(8-12)23-11-22-14)19-10-18(21,13-5-7-24-9-13)16-2-1-6-25-16/h1-9,21H,10-11H2,(H,19,20)/t18-/m0/s1. The van der Waals surface area contributed by atoms with E-state index >= 15 is 0 Å². The molecule has 3 heterocycles. The van der Waals surface area contributed by atoms with Gasteiger partial charge >= 0.3 is 0 Å². The van der Waals surface area contributed by atoms with Gasteiger partial charge < -0.3 is 19.9 Å². The summed E-state index contributed by atoms with van der Waals surface area (Å²) in [4.78, 5) is 13.3. The Bertz CT molecular complexity index is 840. The Hall–Kier alpha value is -2.35. The van der Waals surface area contributed by atoms with E-state index in [2.05, 4.69) is 5.32 Å². The number of rotatable bonds is 5. The summed E-state index contributed by atoms with van der Waals surface area (Å²) in [5, 5.41) is 19.8. The largest absolute Gasteiger partial charge is 0.454 e. The minimum atomic E-state index is -1.25. The molecule has 5 nitrogen and oxygen atoms in total. The van der Waals surface area contributed by atoms with E-state index in [0.717, 1.165) is 10.4 Å². The number of hydrogen-bond donors (Lipinski definition) is 2. The Kier molecular flexibility index (Phi) is 4.20. The van der Waals surface area contributed by atoms with E-state index in [1.54, 1.807) is 18.2 Å². The van der Waals surface area contributed by atoms with Gasteiger partial charge in [-0.3, -0.25) is 4.79 Å². The second-order valence-electron chi connectivity index (χ2n) is 5.60. The fourth-order valence-corrected chi connectivity index (χ4v) is 4.26. The Labute approximate surface area is 152 Å². The third kappa shape index (κ3) is 3.02. The predicted octanol–water partition coefficient (Wildman–Crippen LogP) is 3.20. The van der Waals surface area contributed by atoms with Crippen LogP contribution in [0.5, 0.6) is 11.5 Å². The third-order valence-electron chi connectivity index (χ3n) is 4.07. The van der Waals surface area contributed by atoms with Crippen LogP contribution in [0.4, 0.5) is 0 Å². The molecule has 0 aliphatic carbocycles. The Morgan fingerprint density at radius 3 is 2.84 bits per heavy atom. The van der Waals surface area contributed by atoms with E-state index in [4.69, 9.17) is 9.47 Å². The van der Waals surface area contributed by atoms with E-state index in [1.807, 2.05) is 34.3 Å². The van der Waals surface area contributed by atoms with E-state index < -0.39 is 5.60 Å². The van der Waals surface area contributed by atoms with Crippen molar-refractivity contribution < 1.29 is 19.4 Å². The molecule has 0 radical (unpaired) electrons. The number of aliphatic hydroxyl groups is 1. The number of carbonyl (C=O) groups is 1. The molecular weight excluding hydrogens is 358 g/mol.